The summed E-state index contributed by atoms with van der Waals surface area (Å²) < 4.78 is 35.7. The lowest BCUT2D eigenvalue weighted by atomic mass is 10.1. The molecule has 24 heavy (non-hydrogen) atoms. The summed E-state index contributed by atoms with van der Waals surface area (Å²) in [6, 6.07) is 5.83. The van der Waals surface area contributed by atoms with Crippen LogP contribution in [-0.2, 0) is 9.84 Å². The number of nitrogens with one attached hydrogen (secondary N) is 2. The highest BCUT2D eigenvalue weighted by Crippen LogP contribution is 2.23. The van der Waals surface area contributed by atoms with Crippen molar-refractivity contribution in [2.24, 2.45) is 5.92 Å². The average Bonchev–Trinajstić information content (AvgIpc) is 3.12. The molecule has 2 amide bonds. The van der Waals surface area contributed by atoms with Gasteiger partial charge in [0.25, 0.3) is 0 Å². The van der Waals surface area contributed by atoms with Crippen molar-refractivity contribution in [1.29, 1.82) is 0 Å². The minimum atomic E-state index is -2.99. The number of nitrogens with zero attached hydrogens (tertiary/aromatic N) is 1. The van der Waals surface area contributed by atoms with Gasteiger partial charge >= 0.3 is 6.03 Å². The highest BCUT2D eigenvalue weighted by molar-refractivity contribution is 7.91. The fourth-order valence-electron chi connectivity index (χ4n) is 3.27. The van der Waals surface area contributed by atoms with Gasteiger partial charge in [-0.25, -0.2) is 17.6 Å². The van der Waals surface area contributed by atoms with Crippen LogP contribution < -0.4 is 15.5 Å². The second-order valence-corrected chi connectivity index (χ2v) is 8.76. The van der Waals surface area contributed by atoms with Gasteiger partial charge in [0.05, 0.1) is 11.5 Å². The fourth-order valence-corrected chi connectivity index (χ4v) is 4.94. The molecule has 1 aromatic rings. The maximum Gasteiger partial charge on any atom is 0.315 e. The number of amides is 2. The first-order chi connectivity index (χ1) is 11.4. The largest absolute Gasteiger partial charge is 0.371 e. The van der Waals surface area contributed by atoms with Gasteiger partial charge in [0.1, 0.15) is 5.82 Å². The first-order valence-electron chi connectivity index (χ1n) is 8.16. The predicted octanol–water partition coefficient (Wildman–Crippen LogP) is 1.14. The van der Waals surface area contributed by atoms with Crippen LogP contribution in [-0.4, -0.2) is 51.6 Å². The van der Waals surface area contributed by atoms with E-state index in [1.165, 1.54) is 12.1 Å². The molecule has 0 radical (unpaired) electrons. The summed E-state index contributed by atoms with van der Waals surface area (Å²) >= 11 is 0. The Hall–Kier alpha value is -1.83. The number of benzene rings is 1. The summed E-state index contributed by atoms with van der Waals surface area (Å²) in [5.74, 6) is 0.255. The van der Waals surface area contributed by atoms with Crippen LogP contribution in [0.2, 0.25) is 0 Å². The smallest absolute Gasteiger partial charge is 0.315 e. The number of rotatable bonds is 4. The third-order valence-corrected chi connectivity index (χ3v) is 6.36. The molecular weight excluding hydrogens is 333 g/mol. The predicted molar refractivity (Wildman–Crippen MR) is 90.3 cm³/mol. The molecule has 2 aliphatic rings. The number of urea groups is 1. The lowest BCUT2D eigenvalue weighted by Gasteiger charge is -2.19. The molecule has 6 nitrogen and oxygen atoms in total. The number of carbonyl (C=O) groups excluding carboxylic acids is 1. The van der Waals surface area contributed by atoms with Crippen molar-refractivity contribution in [3.05, 3.63) is 30.1 Å². The van der Waals surface area contributed by atoms with Gasteiger partial charge in [0, 0.05) is 31.4 Å². The van der Waals surface area contributed by atoms with Gasteiger partial charge in [0.15, 0.2) is 9.84 Å². The van der Waals surface area contributed by atoms with E-state index in [9.17, 15) is 17.6 Å². The summed E-state index contributed by atoms with van der Waals surface area (Å²) in [6.45, 7) is 2.23. The molecule has 132 valence electrons. The van der Waals surface area contributed by atoms with E-state index in [1.54, 1.807) is 12.1 Å². The maximum absolute atomic E-state index is 13.0. The number of halogens is 1. The Balaban J connectivity index is 1.41. The zero-order valence-corrected chi connectivity index (χ0v) is 14.2. The summed E-state index contributed by atoms with van der Waals surface area (Å²) in [6.07, 6.45) is 1.44. The van der Waals surface area contributed by atoms with Gasteiger partial charge in [-0.2, -0.15) is 0 Å². The standard InChI is InChI=1S/C16H22FN3O3S/c17-13-1-3-15(4-2-13)20-7-5-12(10-20)9-18-16(21)19-14-6-8-24(22,23)11-14/h1-4,12,14H,5-11H2,(H2,18,19,21)/t12-,14-/m0/s1. The van der Waals surface area contributed by atoms with Gasteiger partial charge in [0.2, 0.25) is 0 Å². The molecule has 0 aliphatic carbocycles. The van der Waals surface area contributed by atoms with Crippen LogP contribution in [0.25, 0.3) is 0 Å². The Morgan fingerprint density at radius 2 is 2.00 bits per heavy atom. The molecule has 2 N–H and O–H groups in total. The summed E-state index contributed by atoms with van der Waals surface area (Å²) in [7, 11) is -2.99. The number of sulfone groups is 1. The molecule has 0 saturated carbocycles. The number of hydrogen-bond acceptors (Lipinski definition) is 4. The second-order valence-electron chi connectivity index (χ2n) is 6.53. The van der Waals surface area contributed by atoms with E-state index in [0.717, 1.165) is 25.2 Å². The van der Waals surface area contributed by atoms with Crippen LogP contribution in [0.3, 0.4) is 0 Å². The Morgan fingerprint density at radius 3 is 2.67 bits per heavy atom. The van der Waals surface area contributed by atoms with Gasteiger partial charge < -0.3 is 15.5 Å². The van der Waals surface area contributed by atoms with Crippen LogP contribution >= 0.6 is 0 Å². The van der Waals surface area contributed by atoms with Gasteiger partial charge in [-0.15, -0.1) is 0 Å². The Kier molecular flexibility index (Phi) is 4.93. The van der Waals surface area contributed by atoms with Gasteiger partial charge in [-0.1, -0.05) is 0 Å². The van der Waals surface area contributed by atoms with E-state index in [-0.39, 0.29) is 29.4 Å². The molecule has 0 unspecified atom stereocenters. The minimum Gasteiger partial charge on any atom is -0.371 e. The molecule has 0 bridgehead atoms. The monoisotopic (exact) mass is 355 g/mol. The summed E-state index contributed by atoms with van der Waals surface area (Å²) in [5.41, 5.74) is 0.986. The summed E-state index contributed by atoms with van der Waals surface area (Å²) in [5, 5.41) is 5.55. The van der Waals surface area contributed by atoms with E-state index < -0.39 is 9.84 Å². The van der Waals surface area contributed by atoms with E-state index in [2.05, 4.69) is 15.5 Å². The zero-order valence-electron chi connectivity index (χ0n) is 13.4. The van der Waals surface area contributed by atoms with Crippen LogP contribution in [0.15, 0.2) is 24.3 Å². The number of hydrogen-bond donors (Lipinski definition) is 2. The van der Waals surface area contributed by atoms with Crippen molar-refractivity contribution >= 4 is 21.6 Å². The maximum atomic E-state index is 13.0. The van der Waals surface area contributed by atoms with Crippen LogP contribution in [0, 0.1) is 11.7 Å². The SMILES string of the molecule is O=C(NC[C@@H]1CCN(c2ccc(F)cc2)C1)N[C@H]1CCS(=O)(=O)C1. The van der Waals surface area contributed by atoms with Crippen molar-refractivity contribution in [3.63, 3.8) is 0 Å². The van der Waals surface area contributed by atoms with Crippen molar-refractivity contribution in [2.45, 2.75) is 18.9 Å². The van der Waals surface area contributed by atoms with Crippen molar-refractivity contribution < 1.29 is 17.6 Å². The highest BCUT2D eigenvalue weighted by atomic mass is 32.2. The van der Waals surface area contributed by atoms with Crippen molar-refractivity contribution in [2.75, 3.05) is 36.0 Å². The molecule has 8 heteroatoms. The van der Waals surface area contributed by atoms with Crippen LogP contribution in [0.1, 0.15) is 12.8 Å². The molecule has 1 aromatic carbocycles. The average molecular weight is 355 g/mol. The van der Waals surface area contributed by atoms with E-state index in [1.807, 2.05) is 0 Å². The molecule has 0 aromatic heterocycles. The Morgan fingerprint density at radius 1 is 1.25 bits per heavy atom. The molecule has 2 atom stereocenters. The minimum absolute atomic E-state index is 0.0300. The molecule has 2 heterocycles. The number of anilines is 1. The Bertz CT molecular complexity index is 693. The van der Waals surface area contributed by atoms with E-state index >= 15 is 0 Å². The van der Waals surface area contributed by atoms with E-state index in [4.69, 9.17) is 0 Å². The first-order valence-corrected chi connectivity index (χ1v) is 9.99. The van der Waals surface area contributed by atoms with Gasteiger partial charge in [-0.3, -0.25) is 0 Å². The van der Waals surface area contributed by atoms with E-state index in [0.29, 0.717) is 18.9 Å². The van der Waals surface area contributed by atoms with Gasteiger partial charge in [-0.05, 0) is 43.0 Å². The van der Waals surface area contributed by atoms with Crippen molar-refractivity contribution in [3.8, 4) is 0 Å². The molecule has 2 saturated heterocycles. The third kappa shape index (κ3) is 4.37. The third-order valence-electron chi connectivity index (χ3n) is 4.60. The fraction of sp³-hybridized carbons (Fsp3) is 0.562. The second kappa shape index (κ2) is 6.96. The number of carbonyl (C=O) groups is 1. The quantitative estimate of drug-likeness (QED) is 0.849. The zero-order chi connectivity index (χ0) is 17.2. The molecule has 3 rings (SSSR count). The topological polar surface area (TPSA) is 78.5 Å². The van der Waals surface area contributed by atoms with Crippen molar-refractivity contribution in [1.82, 2.24) is 10.6 Å². The lowest BCUT2D eigenvalue weighted by molar-refractivity contribution is 0.236. The molecular formula is C16H22FN3O3S. The first kappa shape index (κ1) is 17.0. The van der Waals surface area contributed by atoms with Crippen LogP contribution in [0.4, 0.5) is 14.9 Å². The Labute approximate surface area is 141 Å². The lowest BCUT2D eigenvalue weighted by Crippen LogP contribution is -2.44. The summed E-state index contributed by atoms with van der Waals surface area (Å²) in [4.78, 5) is 14.1. The molecule has 2 aliphatic heterocycles. The van der Waals surface area contributed by atoms with Crippen LogP contribution in [0.5, 0.6) is 0 Å². The highest BCUT2D eigenvalue weighted by Gasteiger charge is 2.29. The molecule has 2 fully saturated rings. The normalized spacial score (nSPS) is 25.6. The molecule has 0 spiro atoms.